The minimum atomic E-state index is -0.405. The Labute approximate surface area is 136 Å². The molecule has 1 aromatic carbocycles. The highest BCUT2D eigenvalue weighted by Gasteiger charge is 2.11. The number of benzene rings is 1. The normalized spacial score (nSPS) is 11.5. The molecule has 0 fully saturated rings. The van der Waals surface area contributed by atoms with Crippen molar-refractivity contribution in [2.24, 2.45) is 0 Å². The average Bonchev–Trinajstić information content (AvgIpc) is 2.92. The molecule has 0 spiro atoms. The van der Waals surface area contributed by atoms with E-state index >= 15 is 0 Å². The van der Waals surface area contributed by atoms with Crippen LogP contribution in [0.4, 0.5) is 0 Å². The predicted octanol–water partition coefficient (Wildman–Crippen LogP) is 2.91. The van der Waals surface area contributed by atoms with Crippen LogP contribution in [0.3, 0.4) is 0 Å². The van der Waals surface area contributed by atoms with Crippen LogP contribution in [-0.4, -0.2) is 11.0 Å². The van der Waals surface area contributed by atoms with Gasteiger partial charge in [-0.1, -0.05) is 30.3 Å². The molecule has 5 nitrogen and oxygen atoms in total. The lowest BCUT2D eigenvalue weighted by Crippen LogP contribution is -2.47. The molecule has 1 aromatic heterocycles. The summed E-state index contributed by atoms with van der Waals surface area (Å²) in [5.74, 6) is -0.217. The lowest BCUT2D eigenvalue weighted by Gasteiger charge is -2.17. The molecule has 0 aliphatic carbocycles. The van der Waals surface area contributed by atoms with Gasteiger partial charge in [-0.25, -0.2) is 0 Å². The summed E-state index contributed by atoms with van der Waals surface area (Å²) in [6.07, 6.45) is 0. The highest BCUT2D eigenvalue weighted by molar-refractivity contribution is 9.10. The zero-order valence-electron chi connectivity index (χ0n) is 11.2. The van der Waals surface area contributed by atoms with Crippen molar-refractivity contribution in [3.05, 3.63) is 58.5 Å². The molecule has 7 heteroatoms. The summed E-state index contributed by atoms with van der Waals surface area (Å²) in [6, 6.07) is 13.1. The number of furan rings is 1. The fraction of sp³-hybridized carbons (Fsp3) is 0.143. The first-order valence-electron chi connectivity index (χ1n) is 6.23. The SMILES string of the molecule is C[C@@H](NC(=S)NNC(=O)c1ccc(Br)o1)c1ccccc1. The van der Waals surface area contributed by atoms with Gasteiger partial charge in [0.2, 0.25) is 0 Å². The monoisotopic (exact) mass is 367 g/mol. The number of hydrogen-bond acceptors (Lipinski definition) is 3. The van der Waals surface area contributed by atoms with Crippen LogP contribution in [0.25, 0.3) is 0 Å². The molecular weight excluding hydrogens is 354 g/mol. The molecule has 0 unspecified atom stereocenters. The summed E-state index contributed by atoms with van der Waals surface area (Å²) in [5, 5.41) is 3.40. The van der Waals surface area contributed by atoms with E-state index in [1.54, 1.807) is 12.1 Å². The van der Waals surface area contributed by atoms with E-state index in [0.717, 1.165) is 5.56 Å². The third-order valence-corrected chi connectivity index (χ3v) is 3.38. The van der Waals surface area contributed by atoms with E-state index in [1.807, 2.05) is 37.3 Å². The first-order valence-corrected chi connectivity index (χ1v) is 7.43. The summed E-state index contributed by atoms with van der Waals surface area (Å²) in [6.45, 7) is 1.98. The van der Waals surface area contributed by atoms with Crippen molar-refractivity contribution in [2.45, 2.75) is 13.0 Å². The van der Waals surface area contributed by atoms with Gasteiger partial charge in [-0.05, 0) is 52.8 Å². The third kappa shape index (κ3) is 4.57. The molecule has 0 aliphatic heterocycles. The Hall–Kier alpha value is -1.86. The van der Waals surface area contributed by atoms with Gasteiger partial charge < -0.3 is 9.73 Å². The van der Waals surface area contributed by atoms with Crippen molar-refractivity contribution < 1.29 is 9.21 Å². The van der Waals surface area contributed by atoms with Gasteiger partial charge in [0.25, 0.3) is 0 Å². The van der Waals surface area contributed by atoms with Crippen molar-refractivity contribution in [1.29, 1.82) is 0 Å². The van der Waals surface area contributed by atoms with E-state index in [9.17, 15) is 4.79 Å². The van der Waals surface area contributed by atoms with Crippen molar-refractivity contribution in [3.63, 3.8) is 0 Å². The summed E-state index contributed by atoms with van der Waals surface area (Å²) in [7, 11) is 0. The fourth-order valence-corrected chi connectivity index (χ4v) is 2.20. The van der Waals surface area contributed by atoms with Crippen LogP contribution in [-0.2, 0) is 0 Å². The van der Waals surface area contributed by atoms with Gasteiger partial charge in [0.05, 0.1) is 6.04 Å². The maximum absolute atomic E-state index is 11.7. The van der Waals surface area contributed by atoms with Crippen LogP contribution in [0.15, 0.2) is 51.6 Å². The van der Waals surface area contributed by atoms with Gasteiger partial charge in [-0.2, -0.15) is 0 Å². The molecule has 0 radical (unpaired) electrons. The zero-order chi connectivity index (χ0) is 15.2. The van der Waals surface area contributed by atoms with Gasteiger partial charge in [0.15, 0.2) is 15.5 Å². The van der Waals surface area contributed by atoms with Crippen LogP contribution in [0.1, 0.15) is 29.1 Å². The predicted molar refractivity (Wildman–Crippen MR) is 87.6 cm³/mol. The Morgan fingerprint density at radius 2 is 1.90 bits per heavy atom. The van der Waals surface area contributed by atoms with Gasteiger partial charge >= 0.3 is 5.91 Å². The Morgan fingerprint density at radius 1 is 1.19 bits per heavy atom. The number of nitrogens with one attached hydrogen (secondary N) is 3. The number of carbonyl (C=O) groups is 1. The molecule has 0 bridgehead atoms. The highest BCUT2D eigenvalue weighted by Crippen LogP contribution is 2.13. The number of thiocarbonyl (C=S) groups is 1. The number of rotatable bonds is 3. The Balaban J connectivity index is 1.81. The minimum Gasteiger partial charge on any atom is -0.444 e. The quantitative estimate of drug-likeness (QED) is 0.574. The molecule has 1 atom stereocenters. The molecule has 0 saturated heterocycles. The average molecular weight is 368 g/mol. The maximum Gasteiger partial charge on any atom is 0.305 e. The summed E-state index contributed by atoms with van der Waals surface area (Å²) >= 11 is 8.26. The lowest BCUT2D eigenvalue weighted by molar-refractivity contribution is 0.0914. The van der Waals surface area contributed by atoms with Gasteiger partial charge in [-0.3, -0.25) is 15.6 Å². The highest BCUT2D eigenvalue weighted by atomic mass is 79.9. The number of halogens is 1. The van der Waals surface area contributed by atoms with Crippen LogP contribution in [0, 0.1) is 0 Å². The maximum atomic E-state index is 11.7. The topological polar surface area (TPSA) is 66.3 Å². The Morgan fingerprint density at radius 3 is 2.52 bits per heavy atom. The smallest absolute Gasteiger partial charge is 0.305 e. The second-order valence-corrected chi connectivity index (χ2v) is 5.48. The largest absolute Gasteiger partial charge is 0.444 e. The molecule has 2 rings (SSSR count). The molecule has 21 heavy (non-hydrogen) atoms. The molecule has 0 aliphatic rings. The van der Waals surface area contributed by atoms with Crippen molar-refractivity contribution in [1.82, 2.24) is 16.2 Å². The Kier molecular flexibility index (Phi) is 5.35. The molecule has 0 saturated carbocycles. The number of hydrogen-bond donors (Lipinski definition) is 3. The molecular formula is C14H14BrN3O2S. The van der Waals surface area contributed by atoms with E-state index in [0.29, 0.717) is 9.78 Å². The van der Waals surface area contributed by atoms with Gasteiger partial charge in [-0.15, -0.1) is 0 Å². The van der Waals surface area contributed by atoms with E-state index in [4.69, 9.17) is 16.6 Å². The van der Waals surface area contributed by atoms with E-state index in [2.05, 4.69) is 32.1 Å². The standard InChI is InChI=1S/C14H14BrN3O2S/c1-9(10-5-3-2-4-6-10)16-14(21)18-17-13(19)11-7-8-12(15)20-11/h2-9H,1H3,(H,17,19)(H2,16,18,21)/t9-/m1/s1. The third-order valence-electron chi connectivity index (χ3n) is 2.73. The first kappa shape index (κ1) is 15.5. The summed E-state index contributed by atoms with van der Waals surface area (Å²) in [4.78, 5) is 11.7. The van der Waals surface area contributed by atoms with Crippen LogP contribution in [0.5, 0.6) is 0 Å². The summed E-state index contributed by atoms with van der Waals surface area (Å²) in [5.41, 5.74) is 6.20. The molecule has 1 amide bonds. The summed E-state index contributed by atoms with van der Waals surface area (Å²) < 4.78 is 5.62. The zero-order valence-corrected chi connectivity index (χ0v) is 13.6. The van der Waals surface area contributed by atoms with Gasteiger partial charge in [0.1, 0.15) is 0 Å². The van der Waals surface area contributed by atoms with Crippen molar-refractivity contribution >= 4 is 39.2 Å². The second kappa shape index (κ2) is 7.24. The molecule has 110 valence electrons. The van der Waals surface area contributed by atoms with Crippen molar-refractivity contribution in [2.75, 3.05) is 0 Å². The van der Waals surface area contributed by atoms with Crippen molar-refractivity contribution in [3.8, 4) is 0 Å². The van der Waals surface area contributed by atoms with Crippen LogP contribution in [0.2, 0.25) is 0 Å². The van der Waals surface area contributed by atoms with E-state index < -0.39 is 5.91 Å². The van der Waals surface area contributed by atoms with E-state index in [1.165, 1.54) is 0 Å². The van der Waals surface area contributed by atoms with Gasteiger partial charge in [0, 0.05) is 0 Å². The lowest BCUT2D eigenvalue weighted by atomic mass is 10.1. The Bertz CT molecular complexity index is 630. The van der Waals surface area contributed by atoms with Crippen LogP contribution < -0.4 is 16.2 Å². The molecule has 2 aromatic rings. The first-order chi connectivity index (χ1) is 10.1. The number of carbonyl (C=O) groups excluding carboxylic acids is 1. The number of hydrazine groups is 1. The minimum absolute atomic E-state index is 0.0286. The molecule has 1 heterocycles. The van der Waals surface area contributed by atoms with Crippen LogP contribution >= 0.6 is 28.1 Å². The number of amides is 1. The second-order valence-electron chi connectivity index (χ2n) is 4.29. The fourth-order valence-electron chi connectivity index (χ4n) is 1.67. The van der Waals surface area contributed by atoms with E-state index in [-0.39, 0.29) is 11.8 Å². The molecule has 3 N–H and O–H groups in total.